The second-order valence-corrected chi connectivity index (χ2v) is 9.96. The fourth-order valence-corrected chi connectivity index (χ4v) is 4.69. The molecule has 0 fully saturated rings. The second kappa shape index (κ2) is 7.04. The van der Waals surface area contributed by atoms with Crippen molar-refractivity contribution in [3.05, 3.63) is 52.8 Å². The van der Waals surface area contributed by atoms with Gasteiger partial charge in [-0.2, -0.15) is 0 Å². The highest BCUT2D eigenvalue weighted by Crippen LogP contribution is 2.42. The number of anilines is 2. The Morgan fingerprint density at radius 3 is 2.50 bits per heavy atom. The first-order chi connectivity index (χ1) is 12.9. The maximum Gasteiger partial charge on any atom is 0.261 e. The molecule has 1 N–H and O–H groups in total. The van der Waals surface area contributed by atoms with Gasteiger partial charge in [-0.15, -0.1) is 0 Å². The molecule has 1 aliphatic heterocycles. The van der Waals surface area contributed by atoms with E-state index in [2.05, 4.69) is 4.72 Å². The monoisotopic (exact) mass is 424 g/mol. The van der Waals surface area contributed by atoms with Crippen molar-refractivity contribution in [2.45, 2.75) is 38.0 Å². The Kier molecular flexibility index (Phi) is 5.18. The van der Waals surface area contributed by atoms with E-state index in [0.717, 1.165) is 23.4 Å². The van der Waals surface area contributed by atoms with Gasteiger partial charge in [-0.05, 0) is 42.0 Å². The van der Waals surface area contributed by atoms with Crippen LogP contribution in [0, 0.1) is 11.7 Å². The average molecular weight is 425 g/mol. The Morgan fingerprint density at radius 1 is 1.21 bits per heavy atom. The van der Waals surface area contributed by atoms with Crippen molar-refractivity contribution >= 4 is 38.9 Å². The lowest BCUT2D eigenvalue weighted by Crippen LogP contribution is -2.36. The van der Waals surface area contributed by atoms with Crippen LogP contribution in [0.2, 0.25) is 5.02 Å². The number of rotatable bonds is 4. The van der Waals surface area contributed by atoms with Crippen molar-refractivity contribution in [3.8, 4) is 0 Å². The minimum Gasteiger partial charge on any atom is -0.311 e. The molecule has 0 spiro atoms. The molecule has 28 heavy (non-hydrogen) atoms. The number of sulfonamides is 1. The third-order valence-corrected chi connectivity index (χ3v) is 6.46. The number of benzene rings is 2. The van der Waals surface area contributed by atoms with Gasteiger partial charge in [0, 0.05) is 23.6 Å². The number of carbonyl (C=O) groups is 1. The second-order valence-electron chi connectivity index (χ2n) is 7.87. The van der Waals surface area contributed by atoms with E-state index < -0.39 is 15.8 Å². The third-order valence-electron chi connectivity index (χ3n) is 4.79. The summed E-state index contributed by atoms with van der Waals surface area (Å²) in [5.41, 5.74) is 1.22. The lowest BCUT2D eigenvalue weighted by atomic mass is 9.87. The molecule has 5 nitrogen and oxygen atoms in total. The van der Waals surface area contributed by atoms with Crippen molar-refractivity contribution < 1.29 is 17.6 Å². The molecule has 0 bridgehead atoms. The van der Waals surface area contributed by atoms with Gasteiger partial charge in [0.1, 0.15) is 5.82 Å². The Balaban J connectivity index is 2.00. The van der Waals surface area contributed by atoms with E-state index in [0.29, 0.717) is 6.54 Å². The molecule has 0 aliphatic carbocycles. The van der Waals surface area contributed by atoms with E-state index in [1.165, 1.54) is 12.1 Å². The number of fused-ring (bicyclic) bond motifs is 1. The van der Waals surface area contributed by atoms with Crippen LogP contribution in [0.1, 0.15) is 33.3 Å². The fourth-order valence-electron chi connectivity index (χ4n) is 3.31. The Hall–Kier alpha value is -2.12. The summed E-state index contributed by atoms with van der Waals surface area (Å²) in [6.07, 6.45) is 0. The number of hydrogen-bond donors (Lipinski definition) is 1. The molecule has 2 aromatic rings. The van der Waals surface area contributed by atoms with Crippen LogP contribution in [0.25, 0.3) is 0 Å². The van der Waals surface area contributed by atoms with Crippen LogP contribution in [-0.2, 0) is 20.2 Å². The molecule has 0 aromatic heterocycles. The third kappa shape index (κ3) is 3.73. The van der Waals surface area contributed by atoms with Gasteiger partial charge in [0.15, 0.2) is 0 Å². The minimum absolute atomic E-state index is 0.00125. The summed E-state index contributed by atoms with van der Waals surface area (Å²) in [6.45, 7) is 8.10. The van der Waals surface area contributed by atoms with E-state index in [1.807, 2.05) is 27.7 Å². The smallest absolute Gasteiger partial charge is 0.261 e. The fraction of sp³-hybridized carbons (Fsp3) is 0.350. The molecule has 0 saturated heterocycles. The van der Waals surface area contributed by atoms with Crippen molar-refractivity contribution in [1.29, 1.82) is 0 Å². The number of halogens is 2. The van der Waals surface area contributed by atoms with E-state index >= 15 is 0 Å². The molecule has 1 aliphatic rings. The van der Waals surface area contributed by atoms with Crippen molar-refractivity contribution in [1.82, 2.24) is 0 Å². The first-order valence-electron chi connectivity index (χ1n) is 8.86. The first kappa shape index (κ1) is 20.6. The molecule has 0 atom stereocenters. The van der Waals surface area contributed by atoms with Crippen molar-refractivity contribution in [2.24, 2.45) is 5.92 Å². The molecule has 2 aromatic carbocycles. The zero-order valence-corrected chi connectivity index (χ0v) is 17.7. The SMILES string of the molecule is CC(C)C(=O)N1CC(C)(C)c2cc(S(=O)(=O)Nc3ccc(F)cc3Cl)ccc21. The molecule has 1 amide bonds. The van der Waals surface area contributed by atoms with Gasteiger partial charge in [0.25, 0.3) is 10.0 Å². The molecule has 8 heteroatoms. The largest absolute Gasteiger partial charge is 0.311 e. The predicted molar refractivity (Wildman–Crippen MR) is 109 cm³/mol. The summed E-state index contributed by atoms with van der Waals surface area (Å²) in [7, 11) is -3.93. The summed E-state index contributed by atoms with van der Waals surface area (Å²) in [5, 5.41) is -0.0289. The summed E-state index contributed by atoms with van der Waals surface area (Å²) >= 11 is 5.93. The van der Waals surface area contributed by atoms with Gasteiger partial charge in [0.2, 0.25) is 5.91 Å². The topological polar surface area (TPSA) is 66.5 Å². The Labute approximate surface area is 169 Å². The van der Waals surface area contributed by atoms with Crippen molar-refractivity contribution in [3.63, 3.8) is 0 Å². The molecule has 150 valence electrons. The molecular formula is C20H22ClFN2O3S. The van der Waals surface area contributed by atoms with Crippen LogP contribution < -0.4 is 9.62 Å². The van der Waals surface area contributed by atoms with Crippen LogP contribution in [0.5, 0.6) is 0 Å². The van der Waals surface area contributed by atoms with Crippen LogP contribution in [0.3, 0.4) is 0 Å². The van der Waals surface area contributed by atoms with Crippen molar-refractivity contribution in [2.75, 3.05) is 16.2 Å². The highest BCUT2D eigenvalue weighted by atomic mass is 35.5. The number of nitrogens with one attached hydrogen (secondary N) is 1. The number of amides is 1. The molecule has 3 rings (SSSR count). The lowest BCUT2D eigenvalue weighted by molar-refractivity contribution is -0.121. The molecule has 0 unspecified atom stereocenters. The number of nitrogens with zero attached hydrogens (tertiary/aromatic N) is 1. The molecule has 0 radical (unpaired) electrons. The van der Waals surface area contributed by atoms with Gasteiger partial charge in [-0.25, -0.2) is 12.8 Å². The first-order valence-corrected chi connectivity index (χ1v) is 10.7. The van der Waals surface area contributed by atoms with Gasteiger partial charge < -0.3 is 4.90 Å². The van der Waals surface area contributed by atoms with Crippen LogP contribution >= 0.6 is 11.6 Å². The highest BCUT2D eigenvalue weighted by Gasteiger charge is 2.39. The van der Waals surface area contributed by atoms with E-state index in [1.54, 1.807) is 17.0 Å². The zero-order valence-electron chi connectivity index (χ0n) is 16.1. The van der Waals surface area contributed by atoms with Crippen LogP contribution in [0.4, 0.5) is 15.8 Å². The molecular weight excluding hydrogens is 403 g/mol. The van der Waals surface area contributed by atoms with Gasteiger partial charge in [-0.1, -0.05) is 39.3 Å². The van der Waals surface area contributed by atoms with E-state index in [9.17, 15) is 17.6 Å². The van der Waals surface area contributed by atoms with Gasteiger partial charge >= 0.3 is 0 Å². The Morgan fingerprint density at radius 2 is 1.89 bits per heavy atom. The summed E-state index contributed by atoms with van der Waals surface area (Å²) < 4.78 is 41.3. The average Bonchev–Trinajstić information content (AvgIpc) is 2.87. The number of carbonyl (C=O) groups excluding carboxylic acids is 1. The standard InChI is InChI=1S/C20H22ClFN2O3S/c1-12(2)19(25)24-11-20(3,4)15-10-14(6-8-18(15)24)28(26,27)23-17-7-5-13(22)9-16(17)21/h5-10,12,23H,11H2,1-4H3. The molecule has 0 saturated carbocycles. The summed E-state index contributed by atoms with van der Waals surface area (Å²) in [4.78, 5) is 14.3. The lowest BCUT2D eigenvalue weighted by Gasteiger charge is -2.22. The minimum atomic E-state index is -3.93. The summed E-state index contributed by atoms with van der Waals surface area (Å²) in [5.74, 6) is -0.715. The maximum absolute atomic E-state index is 13.2. The van der Waals surface area contributed by atoms with Crippen LogP contribution in [-0.4, -0.2) is 20.9 Å². The quantitative estimate of drug-likeness (QED) is 0.782. The van der Waals surface area contributed by atoms with Gasteiger partial charge in [0.05, 0.1) is 15.6 Å². The van der Waals surface area contributed by atoms with E-state index in [-0.39, 0.29) is 32.8 Å². The van der Waals surface area contributed by atoms with E-state index in [4.69, 9.17) is 11.6 Å². The maximum atomic E-state index is 13.2. The highest BCUT2D eigenvalue weighted by molar-refractivity contribution is 7.92. The molecule has 1 heterocycles. The zero-order chi connectivity index (χ0) is 20.9. The normalized spacial score (nSPS) is 15.6. The number of hydrogen-bond acceptors (Lipinski definition) is 3. The predicted octanol–water partition coefficient (Wildman–Crippen LogP) is 4.56. The summed E-state index contributed by atoms with van der Waals surface area (Å²) in [6, 6.07) is 8.15. The van der Waals surface area contributed by atoms with Gasteiger partial charge in [-0.3, -0.25) is 9.52 Å². The van der Waals surface area contributed by atoms with Crippen LogP contribution in [0.15, 0.2) is 41.3 Å². The Bertz CT molecular complexity index is 1050.